The number of esters is 1. The summed E-state index contributed by atoms with van der Waals surface area (Å²) in [5, 5.41) is 75.7. The first kappa shape index (κ1) is 86.6. The molecule has 6 amide bonds. The summed E-state index contributed by atoms with van der Waals surface area (Å²) in [4.78, 5) is 146. The van der Waals surface area contributed by atoms with Crippen molar-refractivity contribution in [2.45, 2.75) is 177 Å². The van der Waals surface area contributed by atoms with Gasteiger partial charge in [-0.05, 0) is 58.7 Å². The fraction of sp³-hybridized carbons (Fsp3) is 0.459. The molecular weight excluding hydrogens is 1660 g/mol. The van der Waals surface area contributed by atoms with Crippen LogP contribution in [0.25, 0.3) is 49.3 Å². The molecule has 0 saturated carbocycles. The summed E-state index contributed by atoms with van der Waals surface area (Å²) in [7, 11) is 6.85. The number of aromatic hydroxyl groups is 1. The van der Waals surface area contributed by atoms with E-state index in [1.54, 1.807) is 44.4 Å². The molecule has 13 N–H and O–H groups in total. The Bertz CT molecular complexity index is 5160. The fourth-order valence-corrected chi connectivity index (χ4v) is 19.0. The smallest absolute Gasteiger partial charge is 0.308 e. The number of nitrogens with one attached hydrogen (secondary N) is 6. The Morgan fingerprint density at radius 2 is 1.43 bits per heavy atom. The van der Waals surface area contributed by atoms with Crippen LogP contribution in [0.3, 0.4) is 0 Å². The van der Waals surface area contributed by atoms with Gasteiger partial charge in [0.1, 0.15) is 132 Å². The standard InChI is InChI=1S/C74H83N13O25S6/c1-26(60(75)94)76-61(95)37-23-116-69(82-37)51-41(89)17-33-49(83-51)36-21-114-67(79-36)40-25-117-71(100)50-34(20-101-7)46-32(13-12-14-35(46)77-50)19-106-44(91)18-42(90)52(86-63(97)39-24-115-68(81-39)48(29(4)102-8)85-64(98)47(27(2)88)84-62(96)38-22-113-66(33)80-38)70-87-53(65(99)78-40)74(118-70)112-73-59(105-11)58(104-10)56(31(6)109-73)111-45-16-15-43(28(3)107-45)110-72-55(93)57(103-9)54(92)30(5)108-72/h12-14,17,21-24,27-28,30-31,40,42-43,45,47,52,54-59,72-73,77,88-90,92-93H,1,15-16,18-20,25H2,2-11H3,(H2,75,94)(H,76,95)(H,78,99)(H,84,96)(H,85,98)(H,86,97)/b48-29+/t27-,28?,30?,31?,40+,42+,43?,45?,47+,52+,54?,55?,56?,57?,58?,59?,72?,73?/m1/s1. The lowest BCUT2D eigenvalue weighted by molar-refractivity contribution is -0.342. The van der Waals surface area contributed by atoms with Crippen molar-refractivity contribution in [2.75, 3.05) is 41.3 Å². The van der Waals surface area contributed by atoms with Gasteiger partial charge in [-0.15, -0.1) is 45.3 Å². The summed E-state index contributed by atoms with van der Waals surface area (Å²) in [5.74, 6) is -7.64. The van der Waals surface area contributed by atoms with Gasteiger partial charge in [0.15, 0.2) is 18.3 Å². The molecule has 3 fully saturated rings. The zero-order chi connectivity index (χ0) is 84.4. The maximum absolute atomic E-state index is 16.0. The molecular formula is C74H83N13O25S6. The minimum absolute atomic E-state index is 0.0286. The van der Waals surface area contributed by atoms with Gasteiger partial charge in [0.2, 0.25) is 22.4 Å². The number of H-pyrrole nitrogens is 1. The number of ether oxygens (including phenoxy) is 12. The van der Waals surface area contributed by atoms with Gasteiger partial charge in [-0.25, -0.2) is 29.9 Å². The number of aliphatic hydroxyl groups excluding tert-OH is 4. The first-order valence-corrected chi connectivity index (χ1v) is 41.9. The number of fused-ring (bicyclic) bond motifs is 13. The number of amides is 6. The summed E-state index contributed by atoms with van der Waals surface area (Å²) in [5.41, 5.74) is 4.62. The van der Waals surface area contributed by atoms with Crippen LogP contribution >= 0.6 is 68.4 Å². The van der Waals surface area contributed by atoms with Crippen LogP contribution in [0.15, 0.2) is 63.8 Å². The van der Waals surface area contributed by atoms with Gasteiger partial charge >= 0.3 is 5.97 Å². The highest BCUT2D eigenvalue weighted by Crippen LogP contribution is 2.44. The van der Waals surface area contributed by atoms with E-state index in [0.29, 0.717) is 39.8 Å². The van der Waals surface area contributed by atoms with Gasteiger partial charge in [0.25, 0.3) is 29.5 Å². The minimum atomic E-state index is -1.96. The lowest BCUT2D eigenvalue weighted by atomic mass is 9.98. The number of nitrogens with two attached hydrogens (primary N) is 1. The zero-order valence-electron chi connectivity index (χ0n) is 64.6. The number of cyclic esters (lactones) is 1. The number of thiazole rings is 5. The Labute approximate surface area is 695 Å². The van der Waals surface area contributed by atoms with Crippen LogP contribution in [-0.4, -0.2) is 246 Å². The monoisotopic (exact) mass is 1750 g/mol. The normalized spacial score (nSPS) is 27.6. The van der Waals surface area contributed by atoms with Crippen LogP contribution in [-0.2, 0) is 79.7 Å². The molecule has 1 aromatic carbocycles. The van der Waals surface area contributed by atoms with Crippen molar-refractivity contribution in [3.63, 3.8) is 0 Å². The molecule has 118 heavy (non-hydrogen) atoms. The maximum Gasteiger partial charge on any atom is 0.308 e. The van der Waals surface area contributed by atoms with Crippen LogP contribution in [0, 0.1) is 0 Å². The molecule has 13 rings (SSSR count). The largest absolute Gasteiger partial charge is 0.506 e. The minimum Gasteiger partial charge on any atom is -0.506 e. The van der Waals surface area contributed by atoms with E-state index in [1.807, 2.05) is 0 Å². The Kier molecular flexibility index (Phi) is 27.3. The highest BCUT2D eigenvalue weighted by molar-refractivity contribution is 8.14. The van der Waals surface area contributed by atoms with Crippen LogP contribution in [0.5, 0.6) is 10.8 Å². The molecule has 38 nitrogen and oxygen atoms in total. The van der Waals surface area contributed by atoms with E-state index in [1.165, 1.54) is 71.6 Å². The zero-order valence-corrected chi connectivity index (χ0v) is 69.5. The molecule has 18 atom stereocenters. The van der Waals surface area contributed by atoms with E-state index >= 15 is 14.4 Å². The number of rotatable bonds is 17. The summed E-state index contributed by atoms with van der Waals surface area (Å²) in [6, 6.07) is 1.52. The van der Waals surface area contributed by atoms with Crippen molar-refractivity contribution >= 4 is 132 Å². The molecule has 5 aliphatic rings. The summed E-state index contributed by atoms with van der Waals surface area (Å²) in [6.07, 6.45) is -16.9. The lowest BCUT2D eigenvalue weighted by Gasteiger charge is -2.46. The second-order valence-corrected chi connectivity index (χ2v) is 33.2. The van der Waals surface area contributed by atoms with Crippen LogP contribution in [0.2, 0.25) is 0 Å². The first-order valence-electron chi connectivity index (χ1n) is 36.5. The van der Waals surface area contributed by atoms with Crippen LogP contribution in [0.4, 0.5) is 0 Å². The number of allylic oxidation sites excluding steroid dienone is 1. The lowest BCUT2D eigenvalue weighted by Crippen LogP contribution is -2.61. The number of benzene rings is 1. The molecule has 12 heterocycles. The quantitative estimate of drug-likeness (QED) is 0.0336. The number of nitrogens with zero attached hydrogens (tertiary/aromatic N) is 6. The number of pyridine rings is 1. The number of primary amides is 1. The predicted octanol–water partition coefficient (Wildman–Crippen LogP) is 4.63. The number of hydrogen-bond donors (Lipinski definition) is 12. The third-order valence-corrected chi connectivity index (χ3v) is 25.4. The van der Waals surface area contributed by atoms with Gasteiger partial charge in [0.05, 0.1) is 74.2 Å². The van der Waals surface area contributed by atoms with Crippen molar-refractivity contribution in [3.05, 3.63) is 118 Å². The molecule has 5 aliphatic heterocycles. The molecule has 7 aromatic heterocycles. The van der Waals surface area contributed by atoms with Crippen molar-refractivity contribution < 1.29 is 121 Å². The Balaban J connectivity index is 0.930. The first-order chi connectivity index (χ1) is 56.5. The molecule has 0 aliphatic carbocycles. The molecule has 3 saturated heterocycles. The molecule has 44 heteroatoms. The van der Waals surface area contributed by atoms with Gasteiger partial charge in [-0.2, -0.15) is 0 Å². The van der Waals surface area contributed by atoms with Crippen molar-refractivity contribution in [1.29, 1.82) is 0 Å². The number of methoxy groups -OCH3 is 5. The van der Waals surface area contributed by atoms with Crippen LogP contribution < -0.4 is 37.1 Å². The number of aliphatic hydroxyl groups is 4. The van der Waals surface area contributed by atoms with E-state index in [0.717, 1.165) is 57.1 Å². The number of carbonyl (C=O) groups excluding carboxylic acids is 8. The summed E-state index contributed by atoms with van der Waals surface area (Å²) < 4.78 is 73.5. The Morgan fingerprint density at radius 1 is 0.729 bits per heavy atom. The van der Waals surface area contributed by atoms with E-state index < -0.39 is 187 Å². The number of aromatic amines is 1. The molecule has 0 radical (unpaired) electrons. The van der Waals surface area contributed by atoms with E-state index in [2.05, 4.69) is 53.1 Å². The molecule has 12 bridgehead atoms. The Morgan fingerprint density at radius 3 is 2.14 bits per heavy atom. The fourth-order valence-electron chi connectivity index (χ4n) is 13.7. The third-order valence-electron chi connectivity index (χ3n) is 19.9. The maximum atomic E-state index is 16.0. The van der Waals surface area contributed by atoms with E-state index in [-0.39, 0.29) is 106 Å². The molecule has 630 valence electrons. The van der Waals surface area contributed by atoms with Gasteiger partial charge < -0.3 is 120 Å². The van der Waals surface area contributed by atoms with Gasteiger partial charge in [-0.1, -0.05) is 41.8 Å². The Hall–Kier alpha value is -9.27. The van der Waals surface area contributed by atoms with Crippen molar-refractivity contribution in [3.8, 4) is 43.5 Å². The summed E-state index contributed by atoms with van der Waals surface area (Å²) >= 11 is 4.99. The van der Waals surface area contributed by atoms with Gasteiger partial charge in [-0.3, -0.25) is 38.4 Å². The number of carbonyl (C=O) groups is 8. The summed E-state index contributed by atoms with van der Waals surface area (Å²) in [6.45, 7) is 10.7. The van der Waals surface area contributed by atoms with Crippen molar-refractivity contribution in [1.82, 2.24) is 61.5 Å². The SMILES string of the molecule is C=C(NC(=O)c1csc(-c2nc3c(cc2O)-c2nc(cs2)C(=O)N[C@@H]([C@@H](C)O)C(=O)N/C(=C(\C)OC)c2nc(cs2)C(=O)N[C@@H]2c4nc(c(OC5OC(C)C(OC6CCC(OC7OC(C)C(O)C(OC)C7O)C(C)O6)C(OC)C5OC)s4)C(=O)N[C@@H](CSC(=O)c4[nH]c5cccc(c5c4COC)COC(=O)C[C@@H]2O)c2nc-3cs2)n1)C(N)=O. The van der Waals surface area contributed by atoms with Crippen LogP contribution in [0.1, 0.15) is 145 Å². The highest BCUT2D eigenvalue weighted by atomic mass is 32.2. The molecule has 13 unspecified atom stereocenters. The average molecular weight is 1750 g/mol. The second-order valence-electron chi connectivity index (χ2n) is 27.7. The highest BCUT2D eigenvalue weighted by Gasteiger charge is 2.51. The average Bonchev–Trinajstić information content (AvgIpc) is 1.53. The van der Waals surface area contributed by atoms with Gasteiger partial charge in [0, 0.05) is 84.2 Å². The predicted molar refractivity (Wildman–Crippen MR) is 424 cm³/mol. The molecule has 0 spiro atoms. The number of thioether (sulfide) groups is 1. The van der Waals surface area contributed by atoms with Crippen molar-refractivity contribution in [2.24, 2.45) is 5.73 Å². The van der Waals surface area contributed by atoms with E-state index in [9.17, 15) is 49.5 Å². The number of hydrogen-bond acceptors (Lipinski definition) is 37. The van der Waals surface area contributed by atoms with E-state index in [4.69, 9.17) is 77.5 Å². The number of aromatic nitrogens is 7. The topological polar surface area (TPSA) is 528 Å². The third kappa shape index (κ3) is 18.4. The molecule has 8 aromatic rings. The second kappa shape index (κ2) is 37.2.